The van der Waals surface area contributed by atoms with Gasteiger partial charge in [0.25, 0.3) is 0 Å². The highest BCUT2D eigenvalue weighted by atomic mass is 16.2. The van der Waals surface area contributed by atoms with Crippen molar-refractivity contribution in [2.75, 3.05) is 13.1 Å². The van der Waals surface area contributed by atoms with Gasteiger partial charge in [-0.15, -0.1) is 0 Å². The number of carbonyl (C=O) groups excluding carboxylic acids is 1. The number of aryl methyl sites for hydroxylation is 2. The van der Waals surface area contributed by atoms with Crippen molar-refractivity contribution in [3.8, 4) is 0 Å². The summed E-state index contributed by atoms with van der Waals surface area (Å²) < 4.78 is 0. The number of rotatable bonds is 3. The molecule has 1 aliphatic carbocycles. The maximum Gasteiger partial charge on any atom is 0.219 e. The predicted octanol–water partition coefficient (Wildman–Crippen LogP) is 6.24. The molecule has 2 aromatic rings. The molecule has 30 heavy (non-hydrogen) atoms. The number of carbonyl (C=O) groups is 1. The topological polar surface area (TPSA) is 20.3 Å². The standard InChI is InChI=1S/C26H29NO.C2H6/c1-3-4-17-26(23-15-18-27(19-16-23)20(2)28)24-11-7-5-9-21(24)13-14-22-10-6-8-12-25(22)26;1-2/h4-12,15,17H,3,13-14,16,18-19H2,1-2H3;1-2H3. The van der Waals surface area contributed by atoms with Crippen molar-refractivity contribution < 1.29 is 4.79 Å². The first-order chi connectivity index (χ1) is 14.7. The van der Waals surface area contributed by atoms with Crippen molar-refractivity contribution in [2.24, 2.45) is 0 Å². The van der Waals surface area contributed by atoms with Crippen LogP contribution in [0.3, 0.4) is 0 Å². The Bertz CT molecular complexity index is 890. The lowest BCUT2D eigenvalue weighted by molar-refractivity contribution is -0.128. The van der Waals surface area contributed by atoms with E-state index in [-0.39, 0.29) is 11.3 Å². The lowest BCUT2D eigenvalue weighted by Crippen LogP contribution is -2.38. The number of allylic oxidation sites excluding steroid dienone is 2. The van der Waals surface area contributed by atoms with E-state index in [0.29, 0.717) is 6.54 Å². The highest BCUT2D eigenvalue weighted by molar-refractivity contribution is 5.74. The second kappa shape index (κ2) is 9.93. The molecule has 0 unspecified atom stereocenters. The van der Waals surface area contributed by atoms with Crippen molar-refractivity contribution in [3.05, 3.63) is 94.6 Å². The molecule has 0 fully saturated rings. The predicted molar refractivity (Wildman–Crippen MR) is 127 cm³/mol. The van der Waals surface area contributed by atoms with Gasteiger partial charge in [0.15, 0.2) is 0 Å². The lowest BCUT2D eigenvalue weighted by atomic mass is 9.65. The number of amides is 1. The summed E-state index contributed by atoms with van der Waals surface area (Å²) in [5.41, 5.74) is 6.89. The minimum absolute atomic E-state index is 0.162. The van der Waals surface area contributed by atoms with E-state index in [0.717, 1.165) is 32.2 Å². The van der Waals surface area contributed by atoms with E-state index in [1.54, 1.807) is 6.92 Å². The molecule has 0 spiro atoms. The smallest absolute Gasteiger partial charge is 0.219 e. The molecule has 0 atom stereocenters. The summed E-state index contributed by atoms with van der Waals surface area (Å²) in [4.78, 5) is 13.8. The third-order valence-corrected chi connectivity index (χ3v) is 6.31. The van der Waals surface area contributed by atoms with Gasteiger partial charge in [-0.05, 0) is 47.9 Å². The third-order valence-electron chi connectivity index (χ3n) is 6.31. The summed E-state index contributed by atoms with van der Waals surface area (Å²) in [6, 6.07) is 17.9. The Morgan fingerprint density at radius 1 is 0.967 bits per heavy atom. The van der Waals surface area contributed by atoms with Crippen LogP contribution in [-0.2, 0) is 23.1 Å². The Morgan fingerprint density at radius 3 is 2.00 bits per heavy atom. The zero-order chi connectivity index (χ0) is 21.6. The van der Waals surface area contributed by atoms with Crippen LogP contribution in [0.2, 0.25) is 0 Å². The molecule has 0 saturated heterocycles. The molecule has 0 aromatic heterocycles. The molecule has 2 heteroatoms. The molecule has 1 heterocycles. The van der Waals surface area contributed by atoms with Gasteiger partial charge < -0.3 is 4.90 Å². The highest BCUT2D eigenvalue weighted by Crippen LogP contribution is 2.47. The van der Waals surface area contributed by atoms with Crippen molar-refractivity contribution in [1.82, 2.24) is 4.90 Å². The summed E-state index contributed by atoms with van der Waals surface area (Å²) in [6.45, 7) is 9.37. The number of fused-ring (bicyclic) bond motifs is 2. The van der Waals surface area contributed by atoms with Gasteiger partial charge in [-0.1, -0.05) is 93.1 Å². The fourth-order valence-electron chi connectivity index (χ4n) is 4.90. The minimum atomic E-state index is -0.234. The zero-order valence-corrected chi connectivity index (χ0v) is 18.9. The molecule has 0 bridgehead atoms. The fraction of sp³-hybridized carbons (Fsp3) is 0.393. The van der Waals surface area contributed by atoms with Gasteiger partial charge in [0, 0.05) is 20.0 Å². The molecule has 0 radical (unpaired) electrons. The van der Waals surface area contributed by atoms with E-state index in [4.69, 9.17) is 0 Å². The van der Waals surface area contributed by atoms with Crippen LogP contribution in [0, 0.1) is 0 Å². The lowest BCUT2D eigenvalue weighted by Gasteiger charge is -2.40. The number of hydrogen-bond acceptors (Lipinski definition) is 1. The molecule has 4 rings (SSSR count). The molecule has 0 N–H and O–H groups in total. The molecule has 1 amide bonds. The summed E-state index contributed by atoms with van der Waals surface area (Å²) >= 11 is 0. The summed E-state index contributed by atoms with van der Waals surface area (Å²) in [6.07, 6.45) is 11.1. The van der Waals surface area contributed by atoms with Crippen molar-refractivity contribution >= 4 is 5.91 Å². The van der Waals surface area contributed by atoms with Crippen LogP contribution < -0.4 is 0 Å². The van der Waals surface area contributed by atoms with Crippen LogP contribution >= 0.6 is 0 Å². The molecule has 1 aliphatic heterocycles. The average Bonchev–Trinajstić information content (AvgIpc) is 2.94. The van der Waals surface area contributed by atoms with E-state index < -0.39 is 0 Å². The molecule has 0 saturated carbocycles. The van der Waals surface area contributed by atoms with Crippen molar-refractivity contribution in [2.45, 2.75) is 58.8 Å². The Kier molecular flexibility index (Phi) is 7.31. The summed E-state index contributed by atoms with van der Waals surface area (Å²) in [5.74, 6) is 0.162. The van der Waals surface area contributed by atoms with E-state index in [9.17, 15) is 4.79 Å². The first-order valence-corrected chi connectivity index (χ1v) is 11.5. The maximum absolute atomic E-state index is 11.9. The fourth-order valence-corrected chi connectivity index (χ4v) is 4.90. The first kappa shape index (κ1) is 22.1. The molecule has 2 aliphatic rings. The molecular formula is C28H35NO. The zero-order valence-electron chi connectivity index (χ0n) is 18.9. The molecule has 2 nitrogen and oxygen atoms in total. The summed E-state index contributed by atoms with van der Waals surface area (Å²) in [5, 5.41) is 0. The van der Waals surface area contributed by atoms with Gasteiger partial charge in [0.1, 0.15) is 0 Å². The van der Waals surface area contributed by atoms with Crippen LogP contribution in [0.5, 0.6) is 0 Å². The Morgan fingerprint density at radius 2 is 1.53 bits per heavy atom. The van der Waals surface area contributed by atoms with Crippen LogP contribution in [-0.4, -0.2) is 23.9 Å². The van der Waals surface area contributed by atoms with E-state index in [1.807, 2.05) is 18.7 Å². The minimum Gasteiger partial charge on any atom is -0.339 e. The molecule has 2 aromatic carbocycles. The van der Waals surface area contributed by atoms with Crippen LogP contribution in [0.1, 0.15) is 62.8 Å². The van der Waals surface area contributed by atoms with Crippen molar-refractivity contribution in [3.63, 3.8) is 0 Å². The van der Waals surface area contributed by atoms with Crippen molar-refractivity contribution in [1.29, 1.82) is 0 Å². The van der Waals surface area contributed by atoms with Crippen LogP contribution in [0.15, 0.2) is 72.3 Å². The summed E-state index contributed by atoms with van der Waals surface area (Å²) in [7, 11) is 0. The molecular weight excluding hydrogens is 366 g/mol. The SMILES string of the molecule is CC.CCC=CC1(C2=CCN(C(C)=O)CC2)c2ccccc2CCc2ccccc21. The number of nitrogens with zero attached hydrogens (tertiary/aromatic N) is 1. The number of benzene rings is 2. The van der Waals surface area contributed by atoms with E-state index >= 15 is 0 Å². The average molecular weight is 402 g/mol. The second-order valence-electron chi connectivity index (χ2n) is 7.88. The van der Waals surface area contributed by atoms with Crippen LogP contribution in [0.25, 0.3) is 0 Å². The van der Waals surface area contributed by atoms with Gasteiger partial charge in [-0.3, -0.25) is 4.79 Å². The van der Waals surface area contributed by atoms with E-state index in [2.05, 4.69) is 73.7 Å². The van der Waals surface area contributed by atoms with Gasteiger partial charge in [0.2, 0.25) is 5.91 Å². The third kappa shape index (κ3) is 4.01. The Balaban J connectivity index is 0.00000124. The Labute approximate surface area is 182 Å². The normalized spacial score (nSPS) is 17.2. The van der Waals surface area contributed by atoms with Crippen LogP contribution in [0.4, 0.5) is 0 Å². The molecule has 158 valence electrons. The van der Waals surface area contributed by atoms with Gasteiger partial charge in [-0.2, -0.15) is 0 Å². The van der Waals surface area contributed by atoms with Gasteiger partial charge >= 0.3 is 0 Å². The van der Waals surface area contributed by atoms with Gasteiger partial charge in [-0.25, -0.2) is 0 Å². The van der Waals surface area contributed by atoms with Gasteiger partial charge in [0.05, 0.1) is 5.41 Å². The second-order valence-corrected chi connectivity index (χ2v) is 7.88. The first-order valence-electron chi connectivity index (χ1n) is 11.5. The Hall–Kier alpha value is -2.61. The highest BCUT2D eigenvalue weighted by Gasteiger charge is 2.40. The maximum atomic E-state index is 11.9. The number of hydrogen-bond donors (Lipinski definition) is 0. The van der Waals surface area contributed by atoms with E-state index in [1.165, 1.54) is 27.8 Å². The monoisotopic (exact) mass is 401 g/mol. The quantitative estimate of drug-likeness (QED) is 0.557. The largest absolute Gasteiger partial charge is 0.339 e.